The fourth-order valence-corrected chi connectivity index (χ4v) is 5.76. The van der Waals surface area contributed by atoms with E-state index in [1.54, 1.807) is 7.11 Å². The lowest BCUT2D eigenvalue weighted by Crippen LogP contribution is -2.19. The molecule has 3 atom stereocenters. The van der Waals surface area contributed by atoms with Gasteiger partial charge in [0, 0.05) is 0 Å². The molecule has 2 unspecified atom stereocenters. The molecular weight excluding hydrogens is 392 g/mol. The highest BCUT2D eigenvalue weighted by Gasteiger charge is 2.27. The number of hydrogen-bond acceptors (Lipinski definition) is 2. The fourth-order valence-electron chi connectivity index (χ4n) is 5.76. The number of hydrogen-bond donors (Lipinski definition) is 1. The number of fused-ring (bicyclic) bond motifs is 2. The summed E-state index contributed by atoms with van der Waals surface area (Å²) in [6, 6.07) is 12.5. The summed E-state index contributed by atoms with van der Waals surface area (Å²) in [5, 5.41) is 9.72. The van der Waals surface area contributed by atoms with Crippen molar-refractivity contribution in [3.8, 4) is 11.5 Å². The van der Waals surface area contributed by atoms with Crippen LogP contribution < -0.4 is 4.74 Å². The summed E-state index contributed by atoms with van der Waals surface area (Å²) >= 11 is 0. The van der Waals surface area contributed by atoms with Gasteiger partial charge < -0.3 is 9.84 Å². The van der Waals surface area contributed by atoms with E-state index in [2.05, 4.69) is 45.0 Å². The second kappa shape index (κ2) is 12.3. The Kier molecular flexibility index (Phi) is 9.51. The van der Waals surface area contributed by atoms with Crippen LogP contribution in [0.3, 0.4) is 0 Å². The molecule has 0 saturated heterocycles. The third kappa shape index (κ3) is 6.09. The van der Waals surface area contributed by atoms with E-state index in [0.717, 1.165) is 24.0 Å². The molecule has 0 heterocycles. The minimum atomic E-state index is 0.501. The molecule has 0 spiro atoms. The number of phenols is 1. The highest BCUT2D eigenvalue weighted by molar-refractivity contribution is 5.44. The van der Waals surface area contributed by atoms with Gasteiger partial charge in [0.25, 0.3) is 0 Å². The van der Waals surface area contributed by atoms with E-state index in [-0.39, 0.29) is 0 Å². The van der Waals surface area contributed by atoms with Crippen LogP contribution in [0.25, 0.3) is 0 Å². The Balaban J connectivity index is 0.000000182. The molecule has 2 aromatic rings. The van der Waals surface area contributed by atoms with E-state index in [9.17, 15) is 5.11 Å². The molecule has 0 bridgehead atoms. The molecule has 0 aromatic heterocycles. The summed E-state index contributed by atoms with van der Waals surface area (Å²) in [6.45, 7) is 6.92. The third-order valence-corrected chi connectivity index (χ3v) is 7.81. The minimum Gasteiger partial charge on any atom is -0.508 e. The van der Waals surface area contributed by atoms with Gasteiger partial charge in [-0.15, -0.1) is 0 Å². The highest BCUT2D eigenvalue weighted by atomic mass is 16.5. The summed E-state index contributed by atoms with van der Waals surface area (Å²) in [5.74, 6) is 4.00. The Labute approximate surface area is 196 Å². The molecule has 0 radical (unpaired) electrons. The molecule has 1 N–H and O–H groups in total. The zero-order chi connectivity index (χ0) is 22.9. The predicted molar refractivity (Wildman–Crippen MR) is 136 cm³/mol. The first-order chi connectivity index (χ1) is 15.6. The molecule has 0 aliphatic heterocycles. The van der Waals surface area contributed by atoms with Gasteiger partial charge in [0.2, 0.25) is 0 Å². The first kappa shape index (κ1) is 24.7. The number of rotatable bonds is 7. The van der Waals surface area contributed by atoms with Crippen LogP contribution in [0.4, 0.5) is 0 Å². The van der Waals surface area contributed by atoms with Gasteiger partial charge in [-0.2, -0.15) is 0 Å². The van der Waals surface area contributed by atoms with Crippen LogP contribution in [0.15, 0.2) is 36.4 Å². The number of methoxy groups -OCH3 is 1. The van der Waals surface area contributed by atoms with E-state index in [0.29, 0.717) is 11.7 Å². The number of ether oxygens (including phenoxy) is 1. The number of aromatic hydroxyl groups is 1. The lowest BCUT2D eigenvalue weighted by Gasteiger charge is -2.32. The largest absolute Gasteiger partial charge is 0.508 e. The SMILES string of the molecule is CCCCC1CCc2c(OC)cccc2C1C.CCCC[C@H]1CCc2c(O)cccc2C1. The summed E-state index contributed by atoms with van der Waals surface area (Å²) in [5.41, 5.74) is 5.56. The Bertz CT molecular complexity index is 841. The smallest absolute Gasteiger partial charge is 0.122 e. The van der Waals surface area contributed by atoms with Crippen molar-refractivity contribution in [2.75, 3.05) is 7.11 Å². The quantitative estimate of drug-likeness (QED) is 0.473. The lowest BCUT2D eigenvalue weighted by atomic mass is 9.74. The molecule has 176 valence electrons. The minimum absolute atomic E-state index is 0.501. The zero-order valence-electron chi connectivity index (χ0n) is 20.8. The van der Waals surface area contributed by atoms with Crippen LogP contribution >= 0.6 is 0 Å². The van der Waals surface area contributed by atoms with Gasteiger partial charge in [-0.1, -0.05) is 77.1 Å². The Morgan fingerprint density at radius 3 is 2.38 bits per heavy atom. The van der Waals surface area contributed by atoms with Gasteiger partial charge in [0.15, 0.2) is 0 Å². The molecule has 2 aromatic carbocycles. The topological polar surface area (TPSA) is 29.5 Å². The molecule has 32 heavy (non-hydrogen) atoms. The van der Waals surface area contributed by atoms with Crippen LogP contribution in [0.2, 0.25) is 0 Å². The van der Waals surface area contributed by atoms with Gasteiger partial charge in [-0.25, -0.2) is 0 Å². The molecule has 2 aliphatic carbocycles. The van der Waals surface area contributed by atoms with Crippen LogP contribution in [0.5, 0.6) is 11.5 Å². The molecular formula is C30H44O2. The van der Waals surface area contributed by atoms with Crippen molar-refractivity contribution in [2.45, 2.75) is 97.3 Å². The van der Waals surface area contributed by atoms with Gasteiger partial charge in [-0.05, 0) is 90.7 Å². The van der Waals surface area contributed by atoms with Crippen molar-refractivity contribution < 1.29 is 9.84 Å². The van der Waals surface area contributed by atoms with Crippen LogP contribution in [-0.4, -0.2) is 12.2 Å². The second-order valence-corrected chi connectivity index (χ2v) is 9.92. The van der Waals surface area contributed by atoms with Crippen LogP contribution in [0.1, 0.15) is 100 Å². The standard InChI is InChI=1S/C16H24O.C14H20O/c1-4-5-7-13-10-11-15-14(12(13)2)8-6-9-16(15)17-3;1-2-3-5-11-8-9-13-12(10-11)6-4-7-14(13)15/h6,8-9,12-13H,4-5,7,10-11H2,1-3H3;4,6-7,11,15H,2-3,5,8-10H2,1H3/t;11-/m.0/s1. The van der Waals surface area contributed by atoms with Crippen molar-refractivity contribution >= 4 is 0 Å². The molecule has 0 amide bonds. The fraction of sp³-hybridized carbons (Fsp3) is 0.600. The van der Waals surface area contributed by atoms with Crippen LogP contribution in [0, 0.1) is 11.8 Å². The van der Waals surface area contributed by atoms with Gasteiger partial charge in [0.1, 0.15) is 11.5 Å². The normalized spacial score (nSPS) is 21.7. The van der Waals surface area contributed by atoms with E-state index < -0.39 is 0 Å². The van der Waals surface area contributed by atoms with Crippen molar-refractivity contribution in [3.05, 3.63) is 58.7 Å². The summed E-state index contributed by atoms with van der Waals surface area (Å²) in [4.78, 5) is 0. The predicted octanol–water partition coefficient (Wildman–Crippen LogP) is 8.24. The van der Waals surface area contributed by atoms with Crippen LogP contribution in [-0.2, 0) is 19.3 Å². The summed E-state index contributed by atoms with van der Waals surface area (Å²) < 4.78 is 5.48. The maximum atomic E-state index is 9.72. The molecule has 4 rings (SSSR count). The molecule has 2 heteroatoms. The van der Waals surface area contributed by atoms with E-state index in [1.807, 2.05) is 12.1 Å². The van der Waals surface area contributed by atoms with Gasteiger partial charge in [-0.3, -0.25) is 0 Å². The van der Waals surface area contributed by atoms with E-state index in [4.69, 9.17) is 4.74 Å². The van der Waals surface area contributed by atoms with Gasteiger partial charge >= 0.3 is 0 Å². The second-order valence-electron chi connectivity index (χ2n) is 9.92. The highest BCUT2D eigenvalue weighted by Crippen LogP contribution is 2.41. The third-order valence-electron chi connectivity index (χ3n) is 7.81. The first-order valence-corrected chi connectivity index (χ1v) is 13.0. The van der Waals surface area contributed by atoms with E-state index >= 15 is 0 Å². The van der Waals surface area contributed by atoms with E-state index in [1.165, 1.54) is 86.5 Å². The number of unbranched alkanes of at least 4 members (excludes halogenated alkanes) is 2. The van der Waals surface area contributed by atoms with Crippen molar-refractivity contribution in [3.63, 3.8) is 0 Å². The zero-order valence-corrected chi connectivity index (χ0v) is 20.8. The molecule has 0 fully saturated rings. The Hall–Kier alpha value is -1.96. The van der Waals surface area contributed by atoms with Crippen molar-refractivity contribution in [2.24, 2.45) is 11.8 Å². The lowest BCUT2D eigenvalue weighted by molar-refractivity contribution is 0.344. The first-order valence-electron chi connectivity index (χ1n) is 13.0. The maximum Gasteiger partial charge on any atom is 0.122 e. The summed E-state index contributed by atoms with van der Waals surface area (Å²) in [7, 11) is 1.78. The maximum absolute atomic E-state index is 9.72. The number of benzene rings is 2. The van der Waals surface area contributed by atoms with Crippen molar-refractivity contribution in [1.82, 2.24) is 0 Å². The average Bonchev–Trinajstić information content (AvgIpc) is 2.82. The molecule has 2 aliphatic rings. The Morgan fingerprint density at radius 2 is 1.62 bits per heavy atom. The van der Waals surface area contributed by atoms with Gasteiger partial charge in [0.05, 0.1) is 7.11 Å². The summed E-state index contributed by atoms with van der Waals surface area (Å²) in [6.07, 6.45) is 14.1. The molecule has 0 saturated carbocycles. The number of phenolic OH excluding ortho intramolecular Hbond substituents is 1. The average molecular weight is 437 g/mol. The van der Waals surface area contributed by atoms with Crippen molar-refractivity contribution in [1.29, 1.82) is 0 Å². The Morgan fingerprint density at radius 1 is 0.906 bits per heavy atom. The monoisotopic (exact) mass is 436 g/mol. The molecule has 2 nitrogen and oxygen atoms in total.